The smallest absolute Gasteiger partial charge is 0.263 e. The number of rotatable bonds is 6. The zero-order valence-electron chi connectivity index (χ0n) is 16.7. The van der Waals surface area contributed by atoms with Crippen molar-refractivity contribution in [2.45, 2.75) is 13.1 Å². The Hall–Kier alpha value is -3.50. The molecule has 0 aliphatic carbocycles. The van der Waals surface area contributed by atoms with E-state index in [1.165, 1.54) is 5.56 Å². The van der Waals surface area contributed by atoms with Crippen LogP contribution in [0.4, 0.5) is 0 Å². The van der Waals surface area contributed by atoms with Crippen LogP contribution in [0.3, 0.4) is 0 Å². The molecule has 0 saturated carbocycles. The fraction of sp³-hybridized carbons (Fsp3) is 0.304. The van der Waals surface area contributed by atoms with Crippen molar-refractivity contribution in [1.29, 1.82) is 5.26 Å². The molecule has 0 aromatic heterocycles. The molecular formula is C23H24N4O3. The zero-order chi connectivity index (χ0) is 20.8. The minimum Gasteiger partial charge on any atom is -0.454 e. The van der Waals surface area contributed by atoms with Gasteiger partial charge >= 0.3 is 0 Å². The third-order valence-corrected chi connectivity index (χ3v) is 5.22. The van der Waals surface area contributed by atoms with Gasteiger partial charge in [0.2, 0.25) is 6.79 Å². The van der Waals surface area contributed by atoms with Crippen LogP contribution in [0, 0.1) is 11.3 Å². The Morgan fingerprint density at radius 1 is 1.03 bits per heavy atom. The Kier molecular flexibility index (Phi) is 6.16. The van der Waals surface area contributed by atoms with Crippen molar-refractivity contribution in [1.82, 2.24) is 15.1 Å². The third kappa shape index (κ3) is 4.91. The van der Waals surface area contributed by atoms with Gasteiger partial charge in [0.1, 0.15) is 11.6 Å². The molecule has 0 atom stereocenters. The summed E-state index contributed by atoms with van der Waals surface area (Å²) in [6.07, 6.45) is 1.68. The van der Waals surface area contributed by atoms with Gasteiger partial charge in [-0.25, -0.2) is 0 Å². The van der Waals surface area contributed by atoms with Crippen LogP contribution in [0.5, 0.6) is 11.5 Å². The lowest BCUT2D eigenvalue weighted by molar-refractivity contribution is -0.117. The average Bonchev–Trinajstić information content (AvgIpc) is 3.25. The SMILES string of the molecule is N#C/C(=C\N1CCN(Cc2ccc3c(c2)OCO3)CC1)C(=O)NCc1ccccc1. The number of hydrogen-bond acceptors (Lipinski definition) is 6. The number of carbonyl (C=O) groups is 1. The van der Waals surface area contributed by atoms with Crippen molar-refractivity contribution in [2.75, 3.05) is 33.0 Å². The molecule has 7 nitrogen and oxygen atoms in total. The first-order chi connectivity index (χ1) is 14.7. The predicted octanol–water partition coefficient (Wildman–Crippen LogP) is 2.26. The van der Waals surface area contributed by atoms with E-state index in [9.17, 15) is 10.1 Å². The van der Waals surface area contributed by atoms with Gasteiger partial charge in [-0.3, -0.25) is 9.69 Å². The number of carbonyl (C=O) groups excluding carboxylic acids is 1. The molecule has 30 heavy (non-hydrogen) atoms. The van der Waals surface area contributed by atoms with Gasteiger partial charge in [0.05, 0.1) is 0 Å². The number of amides is 1. The van der Waals surface area contributed by atoms with E-state index >= 15 is 0 Å². The second kappa shape index (κ2) is 9.33. The summed E-state index contributed by atoms with van der Waals surface area (Å²) < 4.78 is 10.8. The number of nitrogens with one attached hydrogen (secondary N) is 1. The van der Waals surface area contributed by atoms with Gasteiger partial charge in [-0.05, 0) is 23.3 Å². The van der Waals surface area contributed by atoms with E-state index < -0.39 is 0 Å². The van der Waals surface area contributed by atoms with Gasteiger partial charge in [0.25, 0.3) is 5.91 Å². The number of piperazine rings is 1. The summed E-state index contributed by atoms with van der Waals surface area (Å²) in [5.41, 5.74) is 2.32. The Morgan fingerprint density at radius 3 is 2.57 bits per heavy atom. The molecule has 0 radical (unpaired) electrons. The molecule has 1 amide bonds. The summed E-state index contributed by atoms with van der Waals surface area (Å²) in [7, 11) is 0. The van der Waals surface area contributed by atoms with Crippen LogP contribution in [-0.4, -0.2) is 48.7 Å². The number of nitrogens with zero attached hydrogens (tertiary/aromatic N) is 3. The predicted molar refractivity (Wildman–Crippen MR) is 111 cm³/mol. The van der Waals surface area contributed by atoms with E-state index in [0.29, 0.717) is 6.54 Å². The van der Waals surface area contributed by atoms with Gasteiger partial charge in [-0.2, -0.15) is 5.26 Å². The third-order valence-electron chi connectivity index (χ3n) is 5.22. The molecule has 154 valence electrons. The van der Waals surface area contributed by atoms with Gasteiger partial charge in [-0.1, -0.05) is 36.4 Å². The Bertz CT molecular complexity index is 960. The van der Waals surface area contributed by atoms with Gasteiger partial charge in [-0.15, -0.1) is 0 Å². The second-order valence-electron chi connectivity index (χ2n) is 7.32. The molecule has 0 spiro atoms. The maximum atomic E-state index is 12.4. The van der Waals surface area contributed by atoms with E-state index in [1.54, 1.807) is 6.20 Å². The van der Waals surface area contributed by atoms with Crippen molar-refractivity contribution in [2.24, 2.45) is 0 Å². The lowest BCUT2D eigenvalue weighted by atomic mass is 10.1. The van der Waals surface area contributed by atoms with Crippen molar-refractivity contribution in [3.05, 3.63) is 71.4 Å². The van der Waals surface area contributed by atoms with Crippen molar-refractivity contribution < 1.29 is 14.3 Å². The lowest BCUT2D eigenvalue weighted by Crippen LogP contribution is -2.44. The fourth-order valence-electron chi connectivity index (χ4n) is 3.54. The topological polar surface area (TPSA) is 77.8 Å². The Labute approximate surface area is 176 Å². The summed E-state index contributed by atoms with van der Waals surface area (Å²) in [5.74, 6) is 1.25. The highest BCUT2D eigenvalue weighted by atomic mass is 16.7. The highest BCUT2D eigenvalue weighted by molar-refractivity contribution is 5.97. The van der Waals surface area contributed by atoms with Gasteiger partial charge in [0, 0.05) is 45.5 Å². The standard InChI is InChI=1S/C23H24N4O3/c24-13-20(23(28)25-14-18-4-2-1-3-5-18)16-27-10-8-26(9-11-27)15-19-6-7-21-22(12-19)30-17-29-21/h1-7,12,16H,8-11,14-15,17H2,(H,25,28)/b20-16+. The summed E-state index contributed by atoms with van der Waals surface area (Å²) in [4.78, 5) is 16.7. The maximum Gasteiger partial charge on any atom is 0.263 e. The summed E-state index contributed by atoms with van der Waals surface area (Å²) in [5, 5.41) is 12.2. The molecule has 1 fully saturated rings. The lowest BCUT2D eigenvalue weighted by Gasteiger charge is -2.34. The monoisotopic (exact) mass is 404 g/mol. The quantitative estimate of drug-likeness (QED) is 0.588. The Morgan fingerprint density at radius 2 is 1.80 bits per heavy atom. The van der Waals surface area contributed by atoms with E-state index in [1.807, 2.05) is 53.4 Å². The van der Waals surface area contributed by atoms with Crippen molar-refractivity contribution in [3.63, 3.8) is 0 Å². The van der Waals surface area contributed by atoms with E-state index in [2.05, 4.69) is 16.3 Å². The molecule has 2 aliphatic rings. The number of hydrogen-bond donors (Lipinski definition) is 1. The minimum atomic E-state index is -0.343. The largest absolute Gasteiger partial charge is 0.454 e. The van der Waals surface area contributed by atoms with Crippen LogP contribution in [0.2, 0.25) is 0 Å². The van der Waals surface area contributed by atoms with Crippen LogP contribution in [-0.2, 0) is 17.9 Å². The normalized spacial score (nSPS) is 16.2. The first-order valence-corrected chi connectivity index (χ1v) is 10.0. The molecule has 0 unspecified atom stereocenters. The van der Waals surface area contributed by atoms with Gasteiger partial charge in [0.15, 0.2) is 11.5 Å². The van der Waals surface area contributed by atoms with Crippen LogP contribution in [0.1, 0.15) is 11.1 Å². The number of ether oxygens (including phenoxy) is 2. The van der Waals surface area contributed by atoms with Crippen LogP contribution in [0.25, 0.3) is 0 Å². The second-order valence-corrected chi connectivity index (χ2v) is 7.32. The van der Waals surface area contributed by atoms with Crippen molar-refractivity contribution >= 4 is 5.91 Å². The summed E-state index contributed by atoms with van der Waals surface area (Å²) >= 11 is 0. The van der Waals surface area contributed by atoms with E-state index in [4.69, 9.17) is 9.47 Å². The average molecular weight is 404 g/mol. The molecule has 0 bridgehead atoms. The molecule has 2 aromatic rings. The molecule has 2 aliphatic heterocycles. The fourth-order valence-corrected chi connectivity index (χ4v) is 3.54. The molecule has 4 rings (SSSR count). The first kappa shape index (κ1) is 19.8. The number of benzene rings is 2. The highest BCUT2D eigenvalue weighted by Gasteiger charge is 2.19. The first-order valence-electron chi connectivity index (χ1n) is 10.0. The maximum absolute atomic E-state index is 12.4. The van der Waals surface area contributed by atoms with Crippen LogP contribution < -0.4 is 14.8 Å². The molecule has 2 heterocycles. The molecule has 1 saturated heterocycles. The summed E-state index contributed by atoms with van der Waals surface area (Å²) in [6.45, 7) is 4.76. The Balaban J connectivity index is 1.27. The number of fused-ring (bicyclic) bond motifs is 1. The van der Waals surface area contributed by atoms with Gasteiger partial charge < -0.3 is 19.7 Å². The zero-order valence-corrected chi connectivity index (χ0v) is 16.7. The molecular weight excluding hydrogens is 380 g/mol. The molecule has 1 N–H and O–H groups in total. The van der Waals surface area contributed by atoms with Crippen LogP contribution >= 0.6 is 0 Å². The van der Waals surface area contributed by atoms with E-state index in [0.717, 1.165) is 49.8 Å². The van der Waals surface area contributed by atoms with Crippen molar-refractivity contribution in [3.8, 4) is 17.6 Å². The number of nitriles is 1. The van der Waals surface area contributed by atoms with Crippen LogP contribution in [0.15, 0.2) is 60.3 Å². The van der Waals surface area contributed by atoms with E-state index in [-0.39, 0.29) is 18.3 Å². The summed E-state index contributed by atoms with van der Waals surface area (Å²) in [6, 6.07) is 17.7. The molecule has 2 aromatic carbocycles. The molecule has 7 heteroatoms. The highest BCUT2D eigenvalue weighted by Crippen LogP contribution is 2.32. The minimum absolute atomic E-state index is 0.134.